The van der Waals surface area contributed by atoms with E-state index in [1.807, 2.05) is 0 Å². The zero-order chi connectivity index (χ0) is 14.0. The van der Waals surface area contributed by atoms with Crippen LogP contribution in [0.4, 0.5) is 10.7 Å². The molecule has 1 aromatic rings. The first-order valence-corrected chi connectivity index (χ1v) is 7.59. The predicted octanol–water partition coefficient (Wildman–Crippen LogP) is 3.48. The Morgan fingerprint density at radius 2 is 2.37 bits per heavy atom. The van der Waals surface area contributed by atoms with E-state index < -0.39 is 6.10 Å². The van der Waals surface area contributed by atoms with Crippen LogP contribution in [0.3, 0.4) is 0 Å². The monoisotopic (exact) mass is 284 g/mol. The third-order valence-corrected chi connectivity index (χ3v) is 5.01. The van der Waals surface area contributed by atoms with Gasteiger partial charge in [0.15, 0.2) is 5.00 Å². The van der Waals surface area contributed by atoms with E-state index in [9.17, 15) is 15.2 Å². The van der Waals surface area contributed by atoms with E-state index in [1.54, 1.807) is 6.92 Å². The Morgan fingerprint density at radius 1 is 1.63 bits per heavy atom. The second-order valence-corrected chi connectivity index (χ2v) is 6.09. The maximum atomic E-state index is 11.2. The molecule has 0 bridgehead atoms. The molecule has 2 atom stereocenters. The number of nitrogens with zero attached hydrogens (tertiary/aromatic N) is 2. The van der Waals surface area contributed by atoms with Crippen molar-refractivity contribution in [2.24, 2.45) is 0 Å². The lowest BCUT2D eigenvalue weighted by Gasteiger charge is -2.35. The molecule has 5 nitrogen and oxygen atoms in total. The topological polar surface area (TPSA) is 66.6 Å². The molecule has 1 aliphatic heterocycles. The van der Waals surface area contributed by atoms with Gasteiger partial charge >= 0.3 is 5.69 Å². The Bertz CT molecular complexity index is 459. The summed E-state index contributed by atoms with van der Waals surface area (Å²) in [6.07, 6.45) is 3.71. The molecule has 6 heteroatoms. The molecule has 1 N–H and O–H groups in total. The van der Waals surface area contributed by atoms with Crippen molar-refractivity contribution in [2.75, 3.05) is 11.4 Å². The molecule has 1 aliphatic rings. The fourth-order valence-corrected chi connectivity index (χ4v) is 3.78. The number of hydrogen-bond donors (Lipinski definition) is 1. The molecule has 19 heavy (non-hydrogen) atoms. The van der Waals surface area contributed by atoms with Gasteiger partial charge in [-0.1, -0.05) is 6.92 Å². The van der Waals surface area contributed by atoms with Gasteiger partial charge in [-0.25, -0.2) is 0 Å². The SMILES string of the molecule is CCC1CCCCN1c1sc([C@H](C)O)cc1[N+](=O)[O-]. The molecule has 0 radical (unpaired) electrons. The van der Waals surface area contributed by atoms with Crippen LogP contribution >= 0.6 is 11.3 Å². The van der Waals surface area contributed by atoms with Crippen LogP contribution in [0.15, 0.2) is 6.07 Å². The van der Waals surface area contributed by atoms with Crippen molar-refractivity contribution < 1.29 is 10.0 Å². The van der Waals surface area contributed by atoms with E-state index in [1.165, 1.54) is 23.8 Å². The summed E-state index contributed by atoms with van der Waals surface area (Å²) in [5.74, 6) is 0. The largest absolute Gasteiger partial charge is 0.388 e. The number of aliphatic hydroxyl groups is 1. The first-order chi connectivity index (χ1) is 9.04. The van der Waals surface area contributed by atoms with E-state index in [4.69, 9.17) is 0 Å². The molecule has 106 valence electrons. The quantitative estimate of drug-likeness (QED) is 0.679. The van der Waals surface area contributed by atoms with Crippen LogP contribution in [0.5, 0.6) is 0 Å². The van der Waals surface area contributed by atoms with Crippen molar-refractivity contribution in [3.8, 4) is 0 Å². The highest BCUT2D eigenvalue weighted by atomic mass is 32.1. The summed E-state index contributed by atoms with van der Waals surface area (Å²) in [4.78, 5) is 13.7. The van der Waals surface area contributed by atoms with Crippen molar-refractivity contribution >= 4 is 22.0 Å². The maximum absolute atomic E-state index is 11.2. The molecule has 1 aromatic heterocycles. The summed E-state index contributed by atoms with van der Waals surface area (Å²) in [6.45, 7) is 4.64. The fraction of sp³-hybridized carbons (Fsp3) is 0.692. The average molecular weight is 284 g/mol. The molecule has 2 heterocycles. The van der Waals surface area contributed by atoms with Gasteiger partial charge in [0.2, 0.25) is 0 Å². The van der Waals surface area contributed by atoms with E-state index in [0.29, 0.717) is 15.9 Å². The average Bonchev–Trinajstić information content (AvgIpc) is 2.83. The zero-order valence-electron chi connectivity index (χ0n) is 11.3. The van der Waals surface area contributed by atoms with Gasteiger partial charge in [0.25, 0.3) is 0 Å². The third-order valence-electron chi connectivity index (χ3n) is 3.68. The minimum Gasteiger partial charge on any atom is -0.388 e. The number of aliphatic hydroxyl groups excluding tert-OH is 1. The minimum absolute atomic E-state index is 0.140. The number of rotatable bonds is 4. The molecule has 0 saturated carbocycles. The van der Waals surface area contributed by atoms with E-state index in [2.05, 4.69) is 11.8 Å². The van der Waals surface area contributed by atoms with Crippen LogP contribution in [-0.2, 0) is 0 Å². The summed E-state index contributed by atoms with van der Waals surface area (Å²) in [5.41, 5.74) is 0.140. The van der Waals surface area contributed by atoms with Crippen LogP contribution < -0.4 is 4.90 Å². The number of nitro groups is 1. The van der Waals surface area contributed by atoms with Gasteiger partial charge in [0, 0.05) is 23.5 Å². The summed E-state index contributed by atoms with van der Waals surface area (Å²) in [6, 6.07) is 1.90. The molecule has 1 saturated heterocycles. The standard InChI is InChI=1S/C13H20N2O3S/c1-3-10-6-4-5-7-14(10)13-11(15(17)18)8-12(19-13)9(2)16/h8-10,16H,3-7H2,1-2H3/t9-,10?/m0/s1. The summed E-state index contributed by atoms with van der Waals surface area (Å²) in [5, 5.41) is 21.5. The van der Waals surface area contributed by atoms with Crippen LogP contribution in [0.2, 0.25) is 0 Å². The van der Waals surface area contributed by atoms with Crippen molar-refractivity contribution in [1.82, 2.24) is 0 Å². The minimum atomic E-state index is -0.651. The lowest BCUT2D eigenvalue weighted by atomic mass is 10.0. The van der Waals surface area contributed by atoms with Gasteiger partial charge in [-0.05, 0) is 32.6 Å². The Labute approximate surface area is 117 Å². The molecular weight excluding hydrogens is 264 g/mol. The maximum Gasteiger partial charge on any atom is 0.304 e. The third kappa shape index (κ3) is 2.90. The Kier molecular flexibility index (Phi) is 4.42. The number of hydrogen-bond acceptors (Lipinski definition) is 5. The van der Waals surface area contributed by atoms with Gasteiger partial charge < -0.3 is 10.0 Å². The molecule has 0 aromatic carbocycles. The highest BCUT2D eigenvalue weighted by Gasteiger charge is 2.30. The molecule has 1 fully saturated rings. The Balaban J connectivity index is 2.38. The van der Waals surface area contributed by atoms with Gasteiger partial charge in [-0.3, -0.25) is 10.1 Å². The smallest absolute Gasteiger partial charge is 0.304 e. The highest BCUT2D eigenvalue weighted by Crippen LogP contribution is 2.42. The first kappa shape index (κ1) is 14.3. The summed E-state index contributed by atoms with van der Waals surface area (Å²) < 4.78 is 0. The van der Waals surface area contributed by atoms with Crippen LogP contribution in [0.25, 0.3) is 0 Å². The predicted molar refractivity (Wildman–Crippen MR) is 76.9 cm³/mol. The van der Waals surface area contributed by atoms with Crippen molar-refractivity contribution in [3.05, 3.63) is 21.1 Å². The number of anilines is 1. The molecule has 2 rings (SSSR count). The van der Waals surface area contributed by atoms with Gasteiger partial charge in [0.1, 0.15) is 0 Å². The van der Waals surface area contributed by atoms with Crippen LogP contribution in [0.1, 0.15) is 50.5 Å². The summed E-state index contributed by atoms with van der Waals surface area (Å²) in [7, 11) is 0. The van der Waals surface area contributed by atoms with Crippen LogP contribution in [-0.4, -0.2) is 22.6 Å². The second-order valence-electron chi connectivity index (χ2n) is 5.02. The molecule has 0 aliphatic carbocycles. The van der Waals surface area contributed by atoms with Gasteiger partial charge in [0.05, 0.1) is 11.0 Å². The van der Waals surface area contributed by atoms with E-state index >= 15 is 0 Å². The van der Waals surface area contributed by atoms with E-state index in [0.717, 1.165) is 25.8 Å². The van der Waals surface area contributed by atoms with E-state index in [-0.39, 0.29) is 10.6 Å². The first-order valence-electron chi connectivity index (χ1n) is 6.77. The second kappa shape index (κ2) is 5.88. The van der Waals surface area contributed by atoms with Gasteiger partial charge in [-0.2, -0.15) is 0 Å². The number of piperidine rings is 1. The fourth-order valence-electron chi connectivity index (χ4n) is 2.62. The highest BCUT2D eigenvalue weighted by molar-refractivity contribution is 7.16. The van der Waals surface area contributed by atoms with Gasteiger partial charge in [-0.15, -0.1) is 11.3 Å². The zero-order valence-corrected chi connectivity index (χ0v) is 12.2. The van der Waals surface area contributed by atoms with Crippen molar-refractivity contribution in [2.45, 2.75) is 51.7 Å². The lowest BCUT2D eigenvalue weighted by molar-refractivity contribution is -0.383. The van der Waals surface area contributed by atoms with Crippen molar-refractivity contribution in [1.29, 1.82) is 0 Å². The molecule has 0 amide bonds. The molecule has 1 unspecified atom stereocenters. The Morgan fingerprint density at radius 3 is 2.95 bits per heavy atom. The molecule has 0 spiro atoms. The lowest BCUT2D eigenvalue weighted by Crippen LogP contribution is -2.38. The van der Waals surface area contributed by atoms with Crippen molar-refractivity contribution in [3.63, 3.8) is 0 Å². The normalized spacial score (nSPS) is 21.4. The Hall–Kier alpha value is -1.14. The molecular formula is C13H20N2O3S. The van der Waals surface area contributed by atoms with Crippen LogP contribution in [0, 0.1) is 10.1 Å². The summed E-state index contributed by atoms with van der Waals surface area (Å²) >= 11 is 1.36. The number of thiophene rings is 1.